The van der Waals surface area contributed by atoms with E-state index in [1.807, 2.05) is 0 Å². The third-order valence-corrected chi connectivity index (χ3v) is 6.69. The minimum Gasteiger partial charge on any atom is -0.492 e. The average Bonchev–Trinajstić information content (AvgIpc) is 2.73. The fraction of sp³-hybridized carbons (Fsp3) is 0.615. The van der Waals surface area contributed by atoms with Crippen LogP contribution in [0.1, 0.15) is 90.9 Å². The van der Waals surface area contributed by atoms with E-state index in [2.05, 4.69) is 70.0 Å². The van der Waals surface area contributed by atoms with Gasteiger partial charge in [-0.05, 0) is 79.7 Å². The molecule has 0 N–H and O–H groups in total. The monoisotopic (exact) mass is 540 g/mol. The van der Waals surface area contributed by atoms with E-state index in [1.54, 1.807) is 0 Å². The first-order chi connectivity index (χ1) is 14.7. The second kappa shape index (κ2) is 15.1. The maximum Gasteiger partial charge on any atom is 0.134 e. The Morgan fingerprint density at radius 2 is 0.900 bits per heavy atom. The van der Waals surface area contributed by atoms with Crippen molar-refractivity contribution in [2.75, 3.05) is 13.2 Å². The van der Waals surface area contributed by atoms with Gasteiger partial charge in [0.25, 0.3) is 0 Å². The number of ether oxygens (including phenoxy) is 2. The van der Waals surface area contributed by atoms with Crippen molar-refractivity contribution < 1.29 is 9.47 Å². The molecule has 0 unspecified atom stereocenters. The first-order valence-electron chi connectivity index (χ1n) is 11.8. The van der Waals surface area contributed by atoms with Gasteiger partial charge in [-0.3, -0.25) is 0 Å². The van der Waals surface area contributed by atoms with Gasteiger partial charge in [-0.25, -0.2) is 0 Å². The quantitative estimate of drug-likeness (QED) is 0.197. The Kier molecular flexibility index (Phi) is 12.9. The molecule has 168 valence electrons. The highest BCUT2D eigenvalue weighted by Crippen LogP contribution is 2.36. The van der Waals surface area contributed by atoms with Gasteiger partial charge in [0.2, 0.25) is 0 Å². The van der Waals surface area contributed by atoms with Crippen LogP contribution in [-0.4, -0.2) is 13.2 Å². The van der Waals surface area contributed by atoms with Gasteiger partial charge < -0.3 is 9.47 Å². The molecule has 0 spiro atoms. The van der Waals surface area contributed by atoms with Gasteiger partial charge in [-0.15, -0.1) is 0 Å². The Hall–Kier alpha value is -0.740. The zero-order valence-electron chi connectivity index (χ0n) is 18.8. The summed E-state index contributed by atoms with van der Waals surface area (Å²) in [6.07, 6.45) is 15.3. The van der Waals surface area contributed by atoms with Gasteiger partial charge in [-0.1, -0.05) is 78.1 Å². The molecular weight excluding hydrogens is 504 g/mol. The minimum absolute atomic E-state index is 0.772. The van der Waals surface area contributed by atoms with Crippen molar-refractivity contribution in [3.8, 4) is 11.5 Å². The van der Waals surface area contributed by atoms with Crippen LogP contribution in [0.3, 0.4) is 0 Å². The predicted molar refractivity (Wildman–Crippen MR) is 137 cm³/mol. The van der Waals surface area contributed by atoms with E-state index in [1.165, 1.54) is 69.6 Å². The third-order valence-electron chi connectivity index (χ3n) is 5.45. The summed E-state index contributed by atoms with van der Waals surface area (Å²) >= 11 is 7.34. The van der Waals surface area contributed by atoms with Crippen molar-refractivity contribution in [3.63, 3.8) is 0 Å². The normalized spacial score (nSPS) is 11.2. The van der Waals surface area contributed by atoms with Gasteiger partial charge in [0.15, 0.2) is 0 Å². The lowest BCUT2D eigenvalue weighted by molar-refractivity contribution is 0.302. The van der Waals surface area contributed by atoms with Gasteiger partial charge in [0.1, 0.15) is 11.5 Å². The summed E-state index contributed by atoms with van der Waals surface area (Å²) in [4.78, 5) is 0. The highest BCUT2D eigenvalue weighted by atomic mass is 79.9. The van der Waals surface area contributed by atoms with E-state index in [-0.39, 0.29) is 0 Å². The van der Waals surface area contributed by atoms with Crippen molar-refractivity contribution in [1.29, 1.82) is 0 Å². The molecule has 0 radical (unpaired) electrons. The maximum atomic E-state index is 6.07. The van der Waals surface area contributed by atoms with E-state index in [4.69, 9.17) is 9.47 Å². The SMILES string of the molecule is CCCCCCCCOc1cc2cc(OCCCCCCCC)c(Br)cc2cc1Br. The predicted octanol–water partition coefficient (Wildman–Crippen LogP) is 9.84. The molecule has 0 aliphatic rings. The second-order valence-electron chi connectivity index (χ2n) is 8.14. The van der Waals surface area contributed by atoms with Gasteiger partial charge in [0, 0.05) is 0 Å². The summed E-state index contributed by atoms with van der Waals surface area (Å²) < 4.78 is 14.2. The van der Waals surface area contributed by atoms with Crippen LogP contribution in [0.25, 0.3) is 10.8 Å². The zero-order valence-corrected chi connectivity index (χ0v) is 22.0. The van der Waals surface area contributed by atoms with Crippen molar-refractivity contribution in [1.82, 2.24) is 0 Å². The van der Waals surface area contributed by atoms with Crippen LogP contribution in [0.4, 0.5) is 0 Å². The lowest BCUT2D eigenvalue weighted by Crippen LogP contribution is -1.99. The zero-order chi connectivity index (χ0) is 21.6. The minimum atomic E-state index is 0.772. The Balaban J connectivity index is 1.87. The van der Waals surface area contributed by atoms with E-state index in [0.29, 0.717) is 0 Å². The number of fused-ring (bicyclic) bond motifs is 1. The van der Waals surface area contributed by atoms with Crippen molar-refractivity contribution in [2.24, 2.45) is 0 Å². The Morgan fingerprint density at radius 3 is 1.33 bits per heavy atom. The molecule has 0 saturated carbocycles. The summed E-state index contributed by atoms with van der Waals surface area (Å²) in [5, 5.41) is 2.32. The highest BCUT2D eigenvalue weighted by molar-refractivity contribution is 9.11. The molecule has 0 amide bonds. The standard InChI is InChI=1S/C26H38Br2O2/c1-3-5-7-9-11-13-15-29-25-19-22-20-26(24(28)18-21(22)17-23(25)27)30-16-14-12-10-8-6-4-2/h17-20H,3-16H2,1-2H3. The van der Waals surface area contributed by atoms with Crippen molar-refractivity contribution in [2.45, 2.75) is 90.9 Å². The Bertz CT molecular complexity index is 687. The number of rotatable bonds is 16. The summed E-state index contributed by atoms with van der Waals surface area (Å²) in [5.74, 6) is 1.83. The first kappa shape index (κ1) is 25.5. The summed E-state index contributed by atoms with van der Waals surface area (Å²) in [6, 6.07) is 8.52. The van der Waals surface area contributed by atoms with E-state index < -0.39 is 0 Å². The molecule has 0 atom stereocenters. The third kappa shape index (κ3) is 9.18. The van der Waals surface area contributed by atoms with Crippen LogP contribution in [0.2, 0.25) is 0 Å². The van der Waals surface area contributed by atoms with E-state index in [9.17, 15) is 0 Å². The number of hydrogen-bond acceptors (Lipinski definition) is 2. The lowest BCUT2D eigenvalue weighted by atomic mass is 10.1. The highest BCUT2D eigenvalue weighted by Gasteiger charge is 2.09. The molecule has 2 rings (SSSR count). The Labute approximate surface area is 200 Å². The molecule has 0 aromatic heterocycles. The molecule has 2 aromatic carbocycles. The van der Waals surface area contributed by atoms with Crippen LogP contribution in [0.15, 0.2) is 33.2 Å². The topological polar surface area (TPSA) is 18.5 Å². The number of benzene rings is 2. The van der Waals surface area contributed by atoms with Gasteiger partial charge in [-0.2, -0.15) is 0 Å². The molecule has 4 heteroatoms. The van der Waals surface area contributed by atoms with Crippen molar-refractivity contribution in [3.05, 3.63) is 33.2 Å². The molecule has 0 aliphatic carbocycles. The Morgan fingerprint density at radius 1 is 0.533 bits per heavy atom. The first-order valence-corrected chi connectivity index (χ1v) is 13.4. The molecule has 2 nitrogen and oxygen atoms in total. The maximum absolute atomic E-state index is 6.07. The van der Waals surface area contributed by atoms with Gasteiger partial charge >= 0.3 is 0 Å². The van der Waals surface area contributed by atoms with Gasteiger partial charge in [0.05, 0.1) is 22.2 Å². The summed E-state index contributed by atoms with van der Waals surface area (Å²) in [6.45, 7) is 6.05. The fourth-order valence-corrected chi connectivity index (χ4v) is 4.55. The molecule has 0 aliphatic heterocycles. The van der Waals surface area contributed by atoms with Crippen LogP contribution in [0, 0.1) is 0 Å². The summed E-state index contributed by atoms with van der Waals surface area (Å²) in [5.41, 5.74) is 0. The molecule has 0 fully saturated rings. The second-order valence-corrected chi connectivity index (χ2v) is 9.85. The molecule has 0 bridgehead atoms. The van der Waals surface area contributed by atoms with E-state index in [0.717, 1.165) is 51.9 Å². The fourth-order valence-electron chi connectivity index (χ4n) is 3.60. The molecule has 30 heavy (non-hydrogen) atoms. The number of unbranched alkanes of at least 4 members (excludes halogenated alkanes) is 10. The molecule has 0 saturated heterocycles. The van der Waals surface area contributed by atoms with Crippen LogP contribution < -0.4 is 9.47 Å². The molecule has 0 heterocycles. The van der Waals surface area contributed by atoms with Crippen LogP contribution >= 0.6 is 31.9 Å². The summed E-state index contributed by atoms with van der Waals surface area (Å²) in [7, 11) is 0. The van der Waals surface area contributed by atoms with E-state index >= 15 is 0 Å². The smallest absolute Gasteiger partial charge is 0.134 e. The van der Waals surface area contributed by atoms with Crippen molar-refractivity contribution >= 4 is 42.6 Å². The molecular formula is C26H38Br2O2. The average molecular weight is 542 g/mol. The lowest BCUT2D eigenvalue weighted by Gasteiger charge is -2.13. The van der Waals surface area contributed by atoms with Crippen LogP contribution in [-0.2, 0) is 0 Å². The van der Waals surface area contributed by atoms with Crippen LogP contribution in [0.5, 0.6) is 11.5 Å². The number of hydrogen-bond donors (Lipinski definition) is 0. The molecule has 2 aromatic rings. The largest absolute Gasteiger partial charge is 0.492 e. The number of halogens is 2.